The Morgan fingerprint density at radius 1 is 1.00 bits per heavy atom. The van der Waals surface area contributed by atoms with Crippen molar-refractivity contribution in [3.8, 4) is 16.8 Å². The molecule has 2 aromatic carbocycles. The van der Waals surface area contributed by atoms with Gasteiger partial charge >= 0.3 is 0 Å². The van der Waals surface area contributed by atoms with Crippen molar-refractivity contribution < 1.29 is 0 Å². The van der Waals surface area contributed by atoms with Crippen molar-refractivity contribution in [1.29, 1.82) is 0 Å². The van der Waals surface area contributed by atoms with Crippen LogP contribution in [0.4, 0.5) is 5.82 Å². The molecule has 0 radical (unpaired) electrons. The molecule has 2 atom stereocenters. The lowest BCUT2D eigenvalue weighted by Crippen LogP contribution is -2.35. The van der Waals surface area contributed by atoms with Crippen molar-refractivity contribution in [3.05, 3.63) is 72.1 Å². The first kappa shape index (κ1) is 21.0. The fraction of sp³-hybridized carbons (Fsp3) is 0.333. The molecule has 4 aromatic rings. The minimum atomic E-state index is 0.332. The van der Waals surface area contributed by atoms with E-state index in [9.17, 15) is 0 Å². The van der Waals surface area contributed by atoms with E-state index in [-0.39, 0.29) is 0 Å². The Morgan fingerprint density at radius 2 is 1.75 bits per heavy atom. The largest absolute Gasteiger partial charge is 0.367 e. The number of nitrogens with one attached hydrogen (secondary N) is 1. The SMILES string of the molecule is C[C@@H]1C[C@H](Nc2ncnc3c2c(-c2ccccc2)cn3-c2ccc(Cl)cc2)CC(C)(C)C1. The van der Waals surface area contributed by atoms with Crippen LogP contribution in [0.15, 0.2) is 67.1 Å². The van der Waals surface area contributed by atoms with Gasteiger partial charge in [-0.15, -0.1) is 0 Å². The minimum Gasteiger partial charge on any atom is -0.367 e. The van der Waals surface area contributed by atoms with Crippen molar-refractivity contribution in [2.24, 2.45) is 11.3 Å². The second-order valence-corrected chi connectivity index (χ2v) is 10.4. The minimum absolute atomic E-state index is 0.332. The van der Waals surface area contributed by atoms with E-state index in [1.807, 2.05) is 30.3 Å². The van der Waals surface area contributed by atoms with E-state index in [0.717, 1.165) is 51.5 Å². The monoisotopic (exact) mass is 444 g/mol. The predicted molar refractivity (Wildman–Crippen MR) is 134 cm³/mol. The number of nitrogens with zero attached hydrogens (tertiary/aromatic N) is 3. The number of fused-ring (bicyclic) bond motifs is 1. The normalized spacial score (nSPS) is 20.4. The van der Waals surface area contributed by atoms with Gasteiger partial charge in [0.25, 0.3) is 0 Å². The third kappa shape index (κ3) is 4.12. The standard InChI is InChI=1S/C27H29ClN4/c1-18-13-21(15-27(2,3)14-18)31-25-24-23(19-7-5-4-6-8-19)16-32(26(24)30-17-29-25)22-11-9-20(28)10-12-22/h4-12,16-18,21H,13-15H2,1-3H3,(H,29,30,31)/t18-,21+/m1/s1. The van der Waals surface area contributed by atoms with Crippen molar-refractivity contribution in [2.45, 2.75) is 46.1 Å². The second kappa shape index (κ2) is 8.25. The molecule has 1 aliphatic rings. The van der Waals surface area contributed by atoms with Crippen LogP contribution in [-0.4, -0.2) is 20.6 Å². The van der Waals surface area contributed by atoms with Gasteiger partial charge in [0.15, 0.2) is 5.65 Å². The summed E-state index contributed by atoms with van der Waals surface area (Å²) in [5, 5.41) is 5.59. The van der Waals surface area contributed by atoms with E-state index in [1.165, 1.54) is 6.42 Å². The first-order valence-electron chi connectivity index (χ1n) is 11.3. The zero-order valence-electron chi connectivity index (χ0n) is 18.8. The molecule has 164 valence electrons. The molecule has 0 aliphatic heterocycles. The fourth-order valence-electron chi connectivity index (χ4n) is 5.46. The Bertz CT molecular complexity index is 1230. The smallest absolute Gasteiger partial charge is 0.150 e. The Kier molecular flexibility index (Phi) is 5.42. The fourth-order valence-corrected chi connectivity index (χ4v) is 5.58. The summed E-state index contributed by atoms with van der Waals surface area (Å²) in [6.07, 6.45) is 7.40. The lowest BCUT2D eigenvalue weighted by atomic mass is 9.70. The van der Waals surface area contributed by atoms with Gasteiger partial charge in [0, 0.05) is 28.5 Å². The summed E-state index contributed by atoms with van der Waals surface area (Å²) >= 11 is 6.14. The van der Waals surface area contributed by atoms with Crippen LogP contribution in [-0.2, 0) is 0 Å². The Labute approximate surface area is 194 Å². The lowest BCUT2D eigenvalue weighted by molar-refractivity contribution is 0.178. The second-order valence-electron chi connectivity index (χ2n) is 9.93. The maximum Gasteiger partial charge on any atom is 0.150 e. The molecular weight excluding hydrogens is 416 g/mol. The van der Waals surface area contributed by atoms with Crippen LogP contribution in [0.3, 0.4) is 0 Å². The molecule has 0 unspecified atom stereocenters. The van der Waals surface area contributed by atoms with Gasteiger partial charge in [-0.1, -0.05) is 62.7 Å². The van der Waals surface area contributed by atoms with Gasteiger partial charge in [0.05, 0.1) is 5.39 Å². The lowest BCUT2D eigenvalue weighted by Gasteiger charge is -2.39. The molecule has 1 aliphatic carbocycles. The number of hydrogen-bond acceptors (Lipinski definition) is 3. The number of aromatic nitrogens is 3. The van der Waals surface area contributed by atoms with Crippen LogP contribution in [0.1, 0.15) is 40.0 Å². The third-order valence-electron chi connectivity index (χ3n) is 6.50. The van der Waals surface area contributed by atoms with Gasteiger partial charge in [-0.05, 0) is 60.4 Å². The van der Waals surface area contributed by atoms with Crippen molar-refractivity contribution in [2.75, 3.05) is 5.32 Å². The number of anilines is 1. The molecule has 1 fully saturated rings. The summed E-state index contributed by atoms with van der Waals surface area (Å²) in [4.78, 5) is 9.43. The average molecular weight is 445 g/mol. The molecular formula is C27H29ClN4. The highest BCUT2D eigenvalue weighted by Crippen LogP contribution is 2.41. The summed E-state index contributed by atoms with van der Waals surface area (Å²) in [5.41, 5.74) is 4.53. The number of halogens is 1. The number of benzene rings is 2. The quantitative estimate of drug-likeness (QED) is 0.357. The summed E-state index contributed by atoms with van der Waals surface area (Å²) in [6.45, 7) is 7.11. The van der Waals surface area contributed by atoms with Gasteiger partial charge in [0.1, 0.15) is 12.1 Å². The summed E-state index contributed by atoms with van der Waals surface area (Å²) < 4.78 is 2.13. The first-order valence-corrected chi connectivity index (χ1v) is 11.7. The van der Waals surface area contributed by atoms with E-state index in [0.29, 0.717) is 17.4 Å². The molecule has 0 bridgehead atoms. The topological polar surface area (TPSA) is 42.7 Å². The van der Waals surface area contributed by atoms with Crippen LogP contribution >= 0.6 is 11.6 Å². The number of rotatable bonds is 4. The van der Waals surface area contributed by atoms with Gasteiger partial charge in [-0.25, -0.2) is 9.97 Å². The zero-order chi connectivity index (χ0) is 22.3. The molecule has 5 heteroatoms. The van der Waals surface area contributed by atoms with Gasteiger partial charge in [0.2, 0.25) is 0 Å². The van der Waals surface area contributed by atoms with Crippen molar-refractivity contribution >= 4 is 28.5 Å². The van der Waals surface area contributed by atoms with Crippen LogP contribution < -0.4 is 5.32 Å². The molecule has 2 aromatic heterocycles. The first-order chi connectivity index (χ1) is 15.4. The van der Waals surface area contributed by atoms with E-state index in [1.54, 1.807) is 6.33 Å². The Balaban J connectivity index is 1.65. The Morgan fingerprint density at radius 3 is 2.47 bits per heavy atom. The molecule has 32 heavy (non-hydrogen) atoms. The molecule has 0 spiro atoms. The molecule has 1 N–H and O–H groups in total. The van der Waals surface area contributed by atoms with Crippen LogP contribution in [0.25, 0.3) is 27.8 Å². The van der Waals surface area contributed by atoms with Gasteiger partial charge in [-0.3, -0.25) is 0 Å². The number of hydrogen-bond donors (Lipinski definition) is 1. The molecule has 4 nitrogen and oxygen atoms in total. The summed E-state index contributed by atoms with van der Waals surface area (Å²) in [6, 6.07) is 18.7. The molecule has 5 rings (SSSR count). The van der Waals surface area contributed by atoms with E-state index in [4.69, 9.17) is 21.6 Å². The summed E-state index contributed by atoms with van der Waals surface area (Å²) in [5.74, 6) is 1.61. The summed E-state index contributed by atoms with van der Waals surface area (Å²) in [7, 11) is 0. The van der Waals surface area contributed by atoms with E-state index >= 15 is 0 Å². The highest BCUT2D eigenvalue weighted by molar-refractivity contribution is 6.30. The van der Waals surface area contributed by atoms with Gasteiger partial charge in [-0.2, -0.15) is 0 Å². The molecule has 0 amide bonds. The third-order valence-corrected chi connectivity index (χ3v) is 6.75. The van der Waals surface area contributed by atoms with Crippen LogP contribution in [0.5, 0.6) is 0 Å². The maximum atomic E-state index is 6.14. The zero-order valence-corrected chi connectivity index (χ0v) is 19.6. The highest BCUT2D eigenvalue weighted by atomic mass is 35.5. The predicted octanol–water partition coefficient (Wildman–Crippen LogP) is 7.37. The molecule has 2 heterocycles. The van der Waals surface area contributed by atoms with Crippen molar-refractivity contribution in [3.63, 3.8) is 0 Å². The van der Waals surface area contributed by atoms with Crippen LogP contribution in [0.2, 0.25) is 5.02 Å². The Hall–Kier alpha value is -2.85. The van der Waals surface area contributed by atoms with Crippen LogP contribution in [0, 0.1) is 11.3 Å². The highest BCUT2D eigenvalue weighted by Gasteiger charge is 2.32. The average Bonchev–Trinajstić information content (AvgIpc) is 3.14. The van der Waals surface area contributed by atoms with Crippen molar-refractivity contribution in [1.82, 2.24) is 14.5 Å². The molecule has 1 saturated carbocycles. The maximum absolute atomic E-state index is 6.14. The van der Waals surface area contributed by atoms with E-state index < -0.39 is 0 Å². The van der Waals surface area contributed by atoms with Gasteiger partial charge < -0.3 is 9.88 Å². The van der Waals surface area contributed by atoms with E-state index in [2.05, 4.69) is 61.1 Å². The molecule has 0 saturated heterocycles.